The van der Waals surface area contributed by atoms with Gasteiger partial charge in [0.2, 0.25) is 0 Å². The summed E-state index contributed by atoms with van der Waals surface area (Å²) < 4.78 is 5.20. The van der Waals surface area contributed by atoms with Gasteiger partial charge in [-0.25, -0.2) is 0 Å². The molecule has 1 unspecified atom stereocenters. The molecule has 14 heavy (non-hydrogen) atoms. The van der Waals surface area contributed by atoms with E-state index in [2.05, 4.69) is 5.92 Å². The van der Waals surface area contributed by atoms with Gasteiger partial charge in [0.05, 0.1) is 12.0 Å². The standard InChI is InChI=1S/C11H15NOS/c1-3-4-5-6-9(12)11-10(13-2)7-8-14-11/h1,7-9H,4-6,12H2,2H3. The molecular formula is C11H15NOS. The Morgan fingerprint density at radius 3 is 3.14 bits per heavy atom. The Hall–Kier alpha value is -0.980. The van der Waals surface area contributed by atoms with Crippen LogP contribution in [0.25, 0.3) is 0 Å². The van der Waals surface area contributed by atoms with E-state index >= 15 is 0 Å². The number of hydrogen-bond donors (Lipinski definition) is 1. The molecule has 0 amide bonds. The number of rotatable bonds is 5. The molecule has 1 aromatic rings. The van der Waals surface area contributed by atoms with Crippen LogP contribution in [0, 0.1) is 12.3 Å². The largest absolute Gasteiger partial charge is 0.496 e. The first-order chi connectivity index (χ1) is 6.79. The quantitative estimate of drug-likeness (QED) is 0.597. The van der Waals surface area contributed by atoms with Crippen molar-refractivity contribution in [3.63, 3.8) is 0 Å². The number of ether oxygens (including phenoxy) is 1. The minimum Gasteiger partial charge on any atom is -0.496 e. The predicted molar refractivity (Wildman–Crippen MR) is 60.5 cm³/mol. The molecule has 0 aliphatic rings. The summed E-state index contributed by atoms with van der Waals surface area (Å²) in [5, 5.41) is 2.00. The monoisotopic (exact) mass is 209 g/mol. The lowest BCUT2D eigenvalue weighted by atomic mass is 10.1. The van der Waals surface area contributed by atoms with Crippen molar-refractivity contribution in [2.75, 3.05) is 7.11 Å². The maximum atomic E-state index is 6.02. The summed E-state index contributed by atoms with van der Waals surface area (Å²) >= 11 is 1.64. The molecule has 0 fully saturated rings. The van der Waals surface area contributed by atoms with Crippen molar-refractivity contribution in [1.29, 1.82) is 0 Å². The van der Waals surface area contributed by atoms with Gasteiger partial charge in [-0.05, 0) is 24.3 Å². The van der Waals surface area contributed by atoms with E-state index in [4.69, 9.17) is 16.9 Å². The Morgan fingerprint density at radius 1 is 1.71 bits per heavy atom. The zero-order valence-electron chi connectivity index (χ0n) is 8.32. The maximum absolute atomic E-state index is 6.02. The van der Waals surface area contributed by atoms with E-state index in [1.807, 2.05) is 11.4 Å². The summed E-state index contributed by atoms with van der Waals surface area (Å²) in [5.41, 5.74) is 6.02. The highest BCUT2D eigenvalue weighted by Crippen LogP contribution is 2.31. The second kappa shape index (κ2) is 5.69. The molecule has 0 aliphatic carbocycles. The summed E-state index contributed by atoms with van der Waals surface area (Å²) in [5.74, 6) is 3.51. The van der Waals surface area contributed by atoms with E-state index in [1.54, 1.807) is 18.4 Å². The Morgan fingerprint density at radius 2 is 2.50 bits per heavy atom. The van der Waals surface area contributed by atoms with Crippen molar-refractivity contribution in [3.8, 4) is 18.1 Å². The smallest absolute Gasteiger partial charge is 0.134 e. The third-order valence-corrected chi connectivity index (χ3v) is 3.08. The number of methoxy groups -OCH3 is 1. The predicted octanol–water partition coefficient (Wildman–Crippen LogP) is 2.56. The van der Waals surface area contributed by atoms with Gasteiger partial charge in [0.1, 0.15) is 5.75 Å². The fraction of sp³-hybridized carbons (Fsp3) is 0.455. The van der Waals surface area contributed by atoms with Crippen LogP contribution in [0.3, 0.4) is 0 Å². The van der Waals surface area contributed by atoms with Gasteiger partial charge in [0.15, 0.2) is 0 Å². The molecule has 0 bridgehead atoms. The van der Waals surface area contributed by atoms with Crippen molar-refractivity contribution < 1.29 is 4.74 Å². The average molecular weight is 209 g/mol. The van der Waals surface area contributed by atoms with Crippen molar-refractivity contribution in [1.82, 2.24) is 0 Å². The van der Waals surface area contributed by atoms with Crippen molar-refractivity contribution >= 4 is 11.3 Å². The summed E-state index contributed by atoms with van der Waals surface area (Å²) in [6.07, 6.45) is 7.86. The van der Waals surface area contributed by atoms with Crippen LogP contribution in [0.4, 0.5) is 0 Å². The summed E-state index contributed by atoms with van der Waals surface area (Å²) in [7, 11) is 1.67. The first-order valence-corrected chi connectivity index (χ1v) is 5.48. The molecule has 1 aromatic heterocycles. The molecule has 1 heterocycles. The second-order valence-corrected chi connectivity index (χ2v) is 4.00. The van der Waals surface area contributed by atoms with E-state index in [0.29, 0.717) is 0 Å². The van der Waals surface area contributed by atoms with Crippen LogP contribution < -0.4 is 10.5 Å². The van der Waals surface area contributed by atoms with E-state index in [-0.39, 0.29) is 6.04 Å². The van der Waals surface area contributed by atoms with Crippen LogP contribution in [-0.4, -0.2) is 7.11 Å². The van der Waals surface area contributed by atoms with E-state index in [1.165, 1.54) is 0 Å². The van der Waals surface area contributed by atoms with Crippen LogP contribution in [0.2, 0.25) is 0 Å². The minimum absolute atomic E-state index is 0.0540. The van der Waals surface area contributed by atoms with E-state index in [9.17, 15) is 0 Å². The van der Waals surface area contributed by atoms with Gasteiger partial charge in [-0.2, -0.15) is 0 Å². The third-order valence-electron chi connectivity index (χ3n) is 2.05. The highest BCUT2D eigenvalue weighted by molar-refractivity contribution is 7.10. The zero-order chi connectivity index (χ0) is 10.4. The van der Waals surface area contributed by atoms with Gasteiger partial charge >= 0.3 is 0 Å². The maximum Gasteiger partial charge on any atom is 0.134 e. The molecule has 2 N–H and O–H groups in total. The van der Waals surface area contributed by atoms with Gasteiger partial charge in [-0.15, -0.1) is 23.7 Å². The lowest BCUT2D eigenvalue weighted by Gasteiger charge is -2.10. The summed E-state index contributed by atoms with van der Waals surface area (Å²) in [6, 6.07) is 2.00. The van der Waals surface area contributed by atoms with Crippen LogP contribution in [-0.2, 0) is 0 Å². The molecule has 76 valence electrons. The lowest BCUT2D eigenvalue weighted by Crippen LogP contribution is -2.09. The van der Waals surface area contributed by atoms with Gasteiger partial charge in [-0.3, -0.25) is 0 Å². The number of unbranched alkanes of at least 4 members (excludes halogenated alkanes) is 1. The molecule has 0 spiro atoms. The molecule has 2 nitrogen and oxygen atoms in total. The highest BCUT2D eigenvalue weighted by Gasteiger charge is 2.12. The van der Waals surface area contributed by atoms with Crippen molar-refractivity contribution in [3.05, 3.63) is 16.3 Å². The van der Waals surface area contributed by atoms with Gasteiger partial charge < -0.3 is 10.5 Å². The first kappa shape index (κ1) is 11.1. The summed E-state index contributed by atoms with van der Waals surface area (Å²) in [6.45, 7) is 0. The number of hydrogen-bond acceptors (Lipinski definition) is 3. The molecule has 0 aliphatic heterocycles. The zero-order valence-corrected chi connectivity index (χ0v) is 9.14. The Kier molecular flexibility index (Phi) is 4.51. The normalized spacial score (nSPS) is 12.1. The van der Waals surface area contributed by atoms with Gasteiger partial charge in [0, 0.05) is 12.5 Å². The van der Waals surface area contributed by atoms with Crippen molar-refractivity contribution in [2.45, 2.75) is 25.3 Å². The molecule has 1 atom stereocenters. The fourth-order valence-electron chi connectivity index (χ4n) is 1.30. The van der Waals surface area contributed by atoms with Crippen LogP contribution in [0.1, 0.15) is 30.2 Å². The Balaban J connectivity index is 2.52. The third kappa shape index (κ3) is 2.76. The fourth-order valence-corrected chi connectivity index (χ4v) is 2.20. The first-order valence-electron chi connectivity index (χ1n) is 4.60. The Bertz CT molecular complexity index is 313. The van der Waals surface area contributed by atoms with Gasteiger partial charge in [0.25, 0.3) is 0 Å². The number of nitrogens with two attached hydrogens (primary N) is 1. The number of terminal acetylenes is 1. The Labute approximate surface area is 89.1 Å². The molecule has 0 saturated carbocycles. The van der Waals surface area contributed by atoms with Crippen LogP contribution >= 0.6 is 11.3 Å². The molecular weight excluding hydrogens is 194 g/mol. The van der Waals surface area contributed by atoms with E-state index in [0.717, 1.165) is 29.9 Å². The van der Waals surface area contributed by atoms with E-state index < -0.39 is 0 Å². The SMILES string of the molecule is C#CCCCC(N)c1sccc1OC. The lowest BCUT2D eigenvalue weighted by molar-refractivity contribution is 0.407. The van der Waals surface area contributed by atoms with Crippen molar-refractivity contribution in [2.24, 2.45) is 5.73 Å². The van der Waals surface area contributed by atoms with Crippen LogP contribution in [0.5, 0.6) is 5.75 Å². The molecule has 0 aromatic carbocycles. The van der Waals surface area contributed by atoms with Gasteiger partial charge in [-0.1, -0.05) is 0 Å². The average Bonchev–Trinajstić information content (AvgIpc) is 2.65. The number of thiophene rings is 1. The second-order valence-electron chi connectivity index (χ2n) is 3.06. The molecule has 0 radical (unpaired) electrons. The van der Waals surface area contributed by atoms with Crippen LogP contribution in [0.15, 0.2) is 11.4 Å². The minimum atomic E-state index is 0.0540. The molecule has 1 rings (SSSR count). The summed E-state index contributed by atoms with van der Waals surface area (Å²) in [4.78, 5) is 1.12. The molecule has 0 saturated heterocycles. The molecule has 3 heteroatoms. The highest BCUT2D eigenvalue weighted by atomic mass is 32.1. The topological polar surface area (TPSA) is 35.2 Å².